The Labute approximate surface area is 192 Å². The van der Waals surface area contributed by atoms with Gasteiger partial charge >= 0.3 is 5.97 Å². The Morgan fingerprint density at radius 3 is 2.42 bits per heavy atom. The van der Waals surface area contributed by atoms with Crippen LogP contribution in [0.1, 0.15) is 19.3 Å². The fourth-order valence-electron chi connectivity index (χ4n) is 4.21. The second-order valence-electron chi connectivity index (χ2n) is 8.19. The van der Waals surface area contributed by atoms with Crippen LogP contribution in [0, 0.1) is 0 Å². The largest absolute Gasteiger partial charge is 0.481 e. The van der Waals surface area contributed by atoms with Gasteiger partial charge < -0.3 is 24.4 Å². The summed E-state index contributed by atoms with van der Waals surface area (Å²) in [4.78, 5) is 11.2. The van der Waals surface area contributed by atoms with Crippen LogP contribution >= 0.6 is 0 Å². The van der Waals surface area contributed by atoms with Gasteiger partial charge in [-0.15, -0.1) is 0 Å². The molecule has 0 radical (unpaired) electrons. The van der Waals surface area contributed by atoms with E-state index in [2.05, 4.69) is 0 Å². The lowest BCUT2D eigenvalue weighted by Crippen LogP contribution is -2.57. The molecule has 9 nitrogen and oxygen atoms in total. The summed E-state index contributed by atoms with van der Waals surface area (Å²) in [7, 11) is -3.97. The van der Waals surface area contributed by atoms with Crippen LogP contribution < -0.4 is 4.74 Å². The van der Waals surface area contributed by atoms with Crippen molar-refractivity contribution in [3.05, 3.63) is 54.6 Å². The number of carbonyl (C=O) groups is 1. The van der Waals surface area contributed by atoms with Gasteiger partial charge in [-0.2, -0.15) is 4.31 Å². The average Bonchev–Trinajstić information content (AvgIpc) is 2.77. The van der Waals surface area contributed by atoms with E-state index in [4.69, 9.17) is 19.3 Å². The summed E-state index contributed by atoms with van der Waals surface area (Å²) in [5.41, 5.74) is 0. The molecular weight excluding hydrogens is 450 g/mol. The minimum absolute atomic E-state index is 0.0357. The standard InChI is InChI=1S/C23H27NO8S/c25-16-13-24(21-11-8-19(12-23(26)27)32-22(21)15-30-14-16)33(28,29)20-9-6-18(7-10-20)31-17-4-2-1-3-5-17/h1-7,9-10,16,19,21-22,25H,8,11-15H2,(H,26,27)/t16-,19-,21+,22-/m0/s1. The molecule has 2 heterocycles. The molecule has 2 fully saturated rings. The molecular formula is C23H27NO8S. The Morgan fingerprint density at radius 2 is 1.73 bits per heavy atom. The molecule has 0 aliphatic carbocycles. The first-order valence-corrected chi connectivity index (χ1v) is 12.2. The number of carboxylic acids is 1. The summed E-state index contributed by atoms with van der Waals surface area (Å²) in [6.45, 7) is -0.0987. The van der Waals surface area contributed by atoms with Gasteiger partial charge in [0.05, 0.1) is 48.9 Å². The zero-order valence-corrected chi connectivity index (χ0v) is 18.8. The Morgan fingerprint density at radius 1 is 1.03 bits per heavy atom. The molecule has 2 aliphatic heterocycles. The van der Waals surface area contributed by atoms with E-state index in [1.807, 2.05) is 18.2 Å². The highest BCUT2D eigenvalue weighted by molar-refractivity contribution is 7.89. The number of aliphatic carboxylic acids is 1. The van der Waals surface area contributed by atoms with Gasteiger partial charge in [-0.1, -0.05) is 18.2 Å². The molecule has 2 aromatic carbocycles. The Hall–Kier alpha value is -2.50. The number of para-hydroxylation sites is 1. The van der Waals surface area contributed by atoms with Crippen LogP contribution in [-0.4, -0.2) is 73.0 Å². The van der Waals surface area contributed by atoms with Crippen molar-refractivity contribution in [1.82, 2.24) is 4.31 Å². The first-order chi connectivity index (χ1) is 15.8. The molecule has 0 aromatic heterocycles. The third kappa shape index (κ3) is 5.71. The van der Waals surface area contributed by atoms with Crippen LogP contribution in [-0.2, 0) is 24.3 Å². The molecule has 4 rings (SSSR count). The van der Waals surface area contributed by atoms with Gasteiger partial charge in [0.25, 0.3) is 0 Å². The summed E-state index contributed by atoms with van der Waals surface area (Å²) in [5.74, 6) is 0.165. The Kier molecular flexibility index (Phi) is 7.30. The summed E-state index contributed by atoms with van der Waals surface area (Å²) in [6.07, 6.45) is -1.45. The van der Waals surface area contributed by atoms with Crippen LogP contribution in [0.25, 0.3) is 0 Å². The molecule has 2 saturated heterocycles. The van der Waals surface area contributed by atoms with Crippen molar-refractivity contribution in [2.75, 3.05) is 19.8 Å². The van der Waals surface area contributed by atoms with Gasteiger partial charge in [0, 0.05) is 6.54 Å². The molecule has 0 saturated carbocycles. The second-order valence-corrected chi connectivity index (χ2v) is 10.1. The highest BCUT2D eigenvalue weighted by Gasteiger charge is 2.43. The lowest BCUT2D eigenvalue weighted by Gasteiger charge is -2.43. The number of fused-ring (bicyclic) bond motifs is 1. The van der Waals surface area contributed by atoms with Crippen molar-refractivity contribution < 1.29 is 37.6 Å². The van der Waals surface area contributed by atoms with Gasteiger partial charge in [-0.25, -0.2) is 8.42 Å². The molecule has 2 aromatic rings. The lowest BCUT2D eigenvalue weighted by molar-refractivity contribution is -0.155. The number of aliphatic hydroxyl groups is 1. The predicted octanol–water partition coefficient (Wildman–Crippen LogP) is 2.25. The molecule has 33 heavy (non-hydrogen) atoms. The quantitative estimate of drug-likeness (QED) is 0.650. The maximum atomic E-state index is 13.6. The van der Waals surface area contributed by atoms with E-state index in [9.17, 15) is 18.3 Å². The maximum Gasteiger partial charge on any atom is 0.305 e. The number of benzene rings is 2. The van der Waals surface area contributed by atoms with E-state index < -0.39 is 40.3 Å². The number of nitrogens with zero attached hydrogens (tertiary/aromatic N) is 1. The van der Waals surface area contributed by atoms with Crippen LogP contribution in [0.4, 0.5) is 0 Å². The van der Waals surface area contributed by atoms with E-state index in [0.29, 0.717) is 24.3 Å². The number of hydrogen-bond donors (Lipinski definition) is 2. The molecule has 0 bridgehead atoms. The normalized spacial score (nSPS) is 26.6. The number of ether oxygens (including phenoxy) is 3. The van der Waals surface area contributed by atoms with E-state index in [0.717, 1.165) is 0 Å². The zero-order valence-electron chi connectivity index (χ0n) is 17.9. The number of carboxylic acid groups (broad SMARTS) is 1. The third-order valence-corrected chi connectivity index (χ3v) is 7.65. The van der Waals surface area contributed by atoms with Crippen molar-refractivity contribution in [1.29, 1.82) is 0 Å². The summed E-state index contributed by atoms with van der Waals surface area (Å²) in [6, 6.07) is 14.7. The van der Waals surface area contributed by atoms with Gasteiger partial charge in [0.2, 0.25) is 10.0 Å². The molecule has 2 N–H and O–H groups in total. The Bertz CT molecular complexity index is 1040. The number of sulfonamides is 1. The average molecular weight is 478 g/mol. The molecule has 0 amide bonds. The highest BCUT2D eigenvalue weighted by atomic mass is 32.2. The van der Waals surface area contributed by atoms with E-state index in [1.165, 1.54) is 16.4 Å². The lowest BCUT2D eigenvalue weighted by atomic mass is 9.96. The van der Waals surface area contributed by atoms with E-state index in [-0.39, 0.29) is 31.1 Å². The van der Waals surface area contributed by atoms with Crippen molar-refractivity contribution >= 4 is 16.0 Å². The molecule has 0 unspecified atom stereocenters. The molecule has 2 aliphatic rings. The van der Waals surface area contributed by atoms with Crippen LogP contribution in [0.2, 0.25) is 0 Å². The summed E-state index contributed by atoms with van der Waals surface area (Å²) < 4.78 is 45.5. The molecule has 4 atom stereocenters. The van der Waals surface area contributed by atoms with Gasteiger partial charge in [-0.3, -0.25) is 4.79 Å². The molecule has 10 heteroatoms. The van der Waals surface area contributed by atoms with E-state index in [1.54, 1.807) is 24.3 Å². The van der Waals surface area contributed by atoms with Crippen molar-refractivity contribution in [3.63, 3.8) is 0 Å². The topological polar surface area (TPSA) is 123 Å². The smallest absolute Gasteiger partial charge is 0.305 e. The number of β-amino-alcohol motifs (C(OH)–C–C–N with tert-alkyl or cyclic N) is 1. The maximum absolute atomic E-state index is 13.6. The van der Waals surface area contributed by atoms with Crippen molar-refractivity contribution in [2.45, 2.75) is 48.5 Å². The molecule has 178 valence electrons. The SMILES string of the molecule is O=C(O)C[C@@H]1CC[C@@H]2[C@H](COC[C@@H](O)CN2S(=O)(=O)c2ccc(Oc3ccccc3)cc2)O1. The molecule has 0 spiro atoms. The number of hydrogen-bond acceptors (Lipinski definition) is 7. The van der Waals surface area contributed by atoms with Crippen LogP contribution in [0.3, 0.4) is 0 Å². The second kappa shape index (κ2) is 10.2. The predicted molar refractivity (Wildman–Crippen MR) is 118 cm³/mol. The van der Waals surface area contributed by atoms with Crippen molar-refractivity contribution in [2.24, 2.45) is 0 Å². The van der Waals surface area contributed by atoms with Gasteiger partial charge in [0.1, 0.15) is 11.5 Å². The first-order valence-electron chi connectivity index (χ1n) is 10.8. The highest BCUT2D eigenvalue weighted by Crippen LogP contribution is 2.32. The van der Waals surface area contributed by atoms with Gasteiger partial charge in [-0.05, 0) is 49.2 Å². The van der Waals surface area contributed by atoms with Crippen LogP contribution in [0.5, 0.6) is 11.5 Å². The zero-order chi connectivity index (χ0) is 23.4. The summed E-state index contributed by atoms with van der Waals surface area (Å²) >= 11 is 0. The fourth-order valence-corrected chi connectivity index (χ4v) is 5.92. The minimum atomic E-state index is -3.97. The van der Waals surface area contributed by atoms with E-state index >= 15 is 0 Å². The van der Waals surface area contributed by atoms with Gasteiger partial charge in [0.15, 0.2) is 0 Å². The number of rotatable bonds is 6. The van der Waals surface area contributed by atoms with Crippen molar-refractivity contribution in [3.8, 4) is 11.5 Å². The summed E-state index contributed by atoms with van der Waals surface area (Å²) in [5, 5.41) is 19.4. The minimum Gasteiger partial charge on any atom is -0.481 e. The fraction of sp³-hybridized carbons (Fsp3) is 0.435. The first kappa shape index (κ1) is 23.7. The monoisotopic (exact) mass is 477 g/mol. The third-order valence-electron chi connectivity index (χ3n) is 5.75. The van der Waals surface area contributed by atoms with Crippen LogP contribution in [0.15, 0.2) is 59.5 Å². The number of aliphatic hydroxyl groups excluding tert-OH is 1. The Balaban J connectivity index is 1.55.